The summed E-state index contributed by atoms with van der Waals surface area (Å²) in [7, 11) is 0. The van der Waals surface area contributed by atoms with Gasteiger partial charge in [-0.1, -0.05) is 39.2 Å². The monoisotopic (exact) mass is 450 g/mol. The summed E-state index contributed by atoms with van der Waals surface area (Å²) in [5.74, 6) is -0.780. The highest BCUT2D eigenvalue weighted by molar-refractivity contribution is 5.93. The van der Waals surface area contributed by atoms with Gasteiger partial charge in [-0.25, -0.2) is 9.78 Å². The number of ether oxygens (including phenoxy) is 1. The van der Waals surface area contributed by atoms with E-state index in [0.717, 1.165) is 32.1 Å². The van der Waals surface area contributed by atoms with Gasteiger partial charge in [0.15, 0.2) is 5.49 Å². The molecule has 1 fully saturated rings. The summed E-state index contributed by atoms with van der Waals surface area (Å²) in [5, 5.41) is 0.308. The predicted octanol–water partition coefficient (Wildman–Crippen LogP) is 3.80. The molecule has 0 unspecified atom stereocenters. The molecule has 174 valence electrons. The average molecular weight is 451 g/mol. The topological polar surface area (TPSA) is 95.0 Å². The van der Waals surface area contributed by atoms with Crippen LogP contribution in [0, 0.1) is 5.92 Å². The van der Waals surface area contributed by atoms with Crippen molar-refractivity contribution in [2.75, 3.05) is 6.61 Å². The molecule has 1 aliphatic rings. The Kier molecular flexibility index (Phi) is 6.72. The number of carbonyl (C=O) groups is 2. The molecule has 0 radical (unpaired) electrons. The molecule has 4 rings (SSSR count). The maximum absolute atomic E-state index is 13.4. The Morgan fingerprint density at radius 3 is 2.67 bits per heavy atom. The van der Waals surface area contributed by atoms with Gasteiger partial charge in [0.25, 0.3) is 5.56 Å². The molecule has 0 aromatic carbocycles. The minimum absolute atomic E-state index is 0.0145. The van der Waals surface area contributed by atoms with E-state index in [1.165, 1.54) is 10.5 Å². The van der Waals surface area contributed by atoms with Crippen molar-refractivity contribution in [1.82, 2.24) is 14.0 Å². The number of hydrogen-bond donors (Lipinski definition) is 0. The molecule has 0 atom stereocenters. The first-order valence-electron chi connectivity index (χ1n) is 11.7. The van der Waals surface area contributed by atoms with Crippen molar-refractivity contribution in [3.8, 4) is 0 Å². The Morgan fingerprint density at radius 1 is 1.21 bits per heavy atom. The van der Waals surface area contributed by atoms with E-state index in [-0.39, 0.29) is 47.5 Å². The normalized spacial score (nSPS) is 15.5. The zero-order valence-corrected chi connectivity index (χ0v) is 19.4. The highest BCUT2D eigenvalue weighted by atomic mass is 16.5. The second kappa shape index (κ2) is 9.68. The zero-order chi connectivity index (χ0) is 23.5. The third-order valence-corrected chi connectivity index (χ3v) is 5.98. The zero-order valence-electron chi connectivity index (χ0n) is 19.4. The molecular formula is C25H30N4O4. The summed E-state index contributed by atoms with van der Waals surface area (Å²) in [6, 6.07) is 6.83. The Hall–Kier alpha value is -3.29. The van der Waals surface area contributed by atoms with Crippen LogP contribution in [0.5, 0.6) is 0 Å². The Morgan fingerprint density at radius 2 is 1.97 bits per heavy atom. The predicted molar refractivity (Wildman–Crippen MR) is 125 cm³/mol. The molecule has 3 aromatic heterocycles. The lowest BCUT2D eigenvalue weighted by atomic mass is 9.94. The van der Waals surface area contributed by atoms with Gasteiger partial charge in [-0.05, 0) is 43.9 Å². The van der Waals surface area contributed by atoms with Crippen molar-refractivity contribution in [2.45, 2.75) is 65.3 Å². The smallest absolute Gasteiger partial charge is 0.341 e. The van der Waals surface area contributed by atoms with Crippen molar-refractivity contribution in [3.05, 3.63) is 51.9 Å². The highest BCUT2D eigenvalue weighted by Crippen LogP contribution is 2.29. The van der Waals surface area contributed by atoms with Gasteiger partial charge in [0.2, 0.25) is 5.91 Å². The number of rotatable bonds is 5. The fourth-order valence-electron chi connectivity index (χ4n) is 4.51. The molecule has 33 heavy (non-hydrogen) atoms. The van der Waals surface area contributed by atoms with Crippen molar-refractivity contribution in [1.29, 1.82) is 0 Å². The largest absolute Gasteiger partial charge is 0.462 e. The van der Waals surface area contributed by atoms with E-state index in [9.17, 15) is 14.4 Å². The van der Waals surface area contributed by atoms with Crippen molar-refractivity contribution in [2.24, 2.45) is 10.9 Å². The average Bonchev–Trinajstić information content (AvgIpc) is 2.79. The second-order valence-electron chi connectivity index (χ2n) is 8.95. The van der Waals surface area contributed by atoms with Gasteiger partial charge < -0.3 is 9.30 Å². The van der Waals surface area contributed by atoms with Gasteiger partial charge in [-0.15, -0.1) is 0 Å². The number of fused-ring (bicyclic) bond motifs is 2. The maximum atomic E-state index is 13.4. The summed E-state index contributed by atoms with van der Waals surface area (Å²) in [5.41, 5.74) is 1.04. The van der Waals surface area contributed by atoms with E-state index in [1.807, 2.05) is 24.5 Å². The molecule has 8 heteroatoms. The molecule has 3 aromatic rings. The number of nitrogens with zero attached hydrogens (tertiary/aromatic N) is 4. The molecule has 1 aliphatic carbocycles. The third kappa shape index (κ3) is 4.60. The Bertz CT molecular complexity index is 1330. The number of aromatic nitrogens is 3. The standard InChI is InChI=1S/C25H30N4O4/c1-4-33-25(32)19-15-18-22(26-20-12-8-9-13-28(20)24(18)31)29(17-10-6-5-7-11-17)23(19)27-21(30)14-16(2)3/h8-9,12-13,15-17H,4-7,10-11,14H2,1-3H3. The first-order valence-corrected chi connectivity index (χ1v) is 11.7. The van der Waals surface area contributed by atoms with E-state index >= 15 is 0 Å². The SMILES string of the molecule is CCOC(=O)c1cc2c(=O)n3ccccc3nc2n(C2CCCCC2)c1=NC(=O)CC(C)C. The van der Waals surface area contributed by atoms with Crippen LogP contribution in [0.2, 0.25) is 0 Å². The minimum Gasteiger partial charge on any atom is -0.462 e. The van der Waals surface area contributed by atoms with Crippen LogP contribution >= 0.6 is 0 Å². The molecule has 0 aliphatic heterocycles. The minimum atomic E-state index is -0.599. The van der Waals surface area contributed by atoms with Crippen LogP contribution in [0.4, 0.5) is 0 Å². The van der Waals surface area contributed by atoms with E-state index < -0.39 is 5.97 Å². The van der Waals surface area contributed by atoms with E-state index in [1.54, 1.807) is 25.3 Å². The van der Waals surface area contributed by atoms with Crippen LogP contribution in [0.1, 0.15) is 75.7 Å². The van der Waals surface area contributed by atoms with Crippen LogP contribution in [-0.2, 0) is 9.53 Å². The van der Waals surface area contributed by atoms with Crippen molar-refractivity contribution < 1.29 is 14.3 Å². The molecule has 1 saturated carbocycles. The number of amides is 1. The second-order valence-corrected chi connectivity index (χ2v) is 8.95. The van der Waals surface area contributed by atoms with Crippen molar-refractivity contribution >= 4 is 28.6 Å². The van der Waals surface area contributed by atoms with Gasteiger partial charge >= 0.3 is 5.97 Å². The van der Waals surface area contributed by atoms with Gasteiger partial charge in [0.1, 0.15) is 16.9 Å². The van der Waals surface area contributed by atoms with Gasteiger partial charge in [-0.3, -0.25) is 14.0 Å². The summed E-state index contributed by atoms with van der Waals surface area (Å²) in [4.78, 5) is 48.4. The number of esters is 1. The van der Waals surface area contributed by atoms with Crippen LogP contribution in [0.3, 0.4) is 0 Å². The van der Waals surface area contributed by atoms with Gasteiger partial charge in [-0.2, -0.15) is 4.99 Å². The third-order valence-electron chi connectivity index (χ3n) is 5.98. The molecule has 3 heterocycles. The van der Waals surface area contributed by atoms with Gasteiger partial charge in [0.05, 0.1) is 12.0 Å². The quantitative estimate of drug-likeness (QED) is 0.435. The molecule has 0 spiro atoms. The lowest BCUT2D eigenvalue weighted by Crippen LogP contribution is -2.35. The molecule has 0 bridgehead atoms. The van der Waals surface area contributed by atoms with E-state index in [2.05, 4.69) is 4.99 Å². The van der Waals surface area contributed by atoms with Crippen LogP contribution in [-0.4, -0.2) is 32.4 Å². The summed E-state index contributed by atoms with van der Waals surface area (Å²) in [6.45, 7) is 5.79. The van der Waals surface area contributed by atoms with E-state index in [4.69, 9.17) is 9.72 Å². The van der Waals surface area contributed by atoms with E-state index in [0.29, 0.717) is 16.7 Å². The molecule has 0 N–H and O–H groups in total. The maximum Gasteiger partial charge on any atom is 0.341 e. The lowest BCUT2D eigenvalue weighted by molar-refractivity contribution is -0.118. The lowest BCUT2D eigenvalue weighted by Gasteiger charge is -2.27. The first kappa shape index (κ1) is 22.9. The molecule has 8 nitrogen and oxygen atoms in total. The number of carbonyl (C=O) groups excluding carboxylic acids is 2. The molecular weight excluding hydrogens is 420 g/mol. The van der Waals surface area contributed by atoms with Crippen LogP contribution in [0.15, 0.2) is 40.2 Å². The van der Waals surface area contributed by atoms with Crippen molar-refractivity contribution in [3.63, 3.8) is 0 Å². The summed E-state index contributed by atoms with van der Waals surface area (Å²) in [6.07, 6.45) is 6.82. The summed E-state index contributed by atoms with van der Waals surface area (Å²) < 4.78 is 8.61. The highest BCUT2D eigenvalue weighted by Gasteiger charge is 2.25. The Balaban J connectivity index is 2.14. The van der Waals surface area contributed by atoms with Gasteiger partial charge in [0, 0.05) is 18.7 Å². The fourth-order valence-corrected chi connectivity index (χ4v) is 4.51. The fraction of sp³-hybridized carbons (Fsp3) is 0.480. The van der Waals surface area contributed by atoms with Crippen LogP contribution in [0.25, 0.3) is 16.7 Å². The van der Waals surface area contributed by atoms with Crippen LogP contribution < -0.4 is 11.0 Å². The first-order chi connectivity index (χ1) is 15.9. The Labute approximate surface area is 191 Å². The summed E-state index contributed by atoms with van der Waals surface area (Å²) >= 11 is 0. The number of hydrogen-bond acceptors (Lipinski definition) is 5. The molecule has 1 amide bonds. The molecule has 0 saturated heterocycles. The number of pyridine rings is 2.